The Bertz CT molecular complexity index is 330. The van der Waals surface area contributed by atoms with Crippen LogP contribution in [0.5, 0.6) is 0 Å². The highest BCUT2D eigenvalue weighted by Gasteiger charge is 2.22. The molecule has 6 heteroatoms. The van der Waals surface area contributed by atoms with Crippen LogP contribution in [0.3, 0.4) is 0 Å². The average Bonchev–Trinajstić information content (AvgIpc) is 2.89. The van der Waals surface area contributed by atoms with E-state index in [1.807, 2.05) is 0 Å². The van der Waals surface area contributed by atoms with E-state index in [1.54, 1.807) is 10.9 Å². The van der Waals surface area contributed by atoms with Crippen LogP contribution < -0.4 is 0 Å². The van der Waals surface area contributed by atoms with Gasteiger partial charge in [0.1, 0.15) is 12.4 Å². The Kier molecular flexibility index (Phi) is 3.84. The lowest BCUT2D eigenvalue weighted by Gasteiger charge is -2.13. The van der Waals surface area contributed by atoms with E-state index >= 15 is 0 Å². The highest BCUT2D eigenvalue weighted by molar-refractivity contribution is 4.89. The number of aliphatic hydroxyl groups is 1. The predicted molar refractivity (Wildman–Crippen MR) is 56.5 cm³/mol. The van der Waals surface area contributed by atoms with E-state index in [0.29, 0.717) is 18.2 Å². The standard InChI is InChI=1S/C10H17FN4O/c11-2-4-14-3-1-9(5-14)6-15-7-10(8-16)12-13-15/h7,9,16H,1-6,8H2/t9-/m0/s1. The van der Waals surface area contributed by atoms with E-state index in [4.69, 9.17) is 5.11 Å². The number of aromatic nitrogens is 3. The number of aliphatic hydroxyl groups excluding tert-OH is 1. The topological polar surface area (TPSA) is 54.2 Å². The normalized spacial score (nSPS) is 21.8. The molecule has 90 valence electrons. The smallest absolute Gasteiger partial charge is 0.108 e. The van der Waals surface area contributed by atoms with Gasteiger partial charge in [0.2, 0.25) is 0 Å². The Morgan fingerprint density at radius 2 is 2.44 bits per heavy atom. The molecule has 1 fully saturated rings. The fraction of sp³-hybridized carbons (Fsp3) is 0.800. The molecule has 0 radical (unpaired) electrons. The van der Waals surface area contributed by atoms with Gasteiger partial charge in [0.05, 0.1) is 12.8 Å². The third kappa shape index (κ3) is 2.76. The zero-order valence-corrected chi connectivity index (χ0v) is 9.22. The maximum atomic E-state index is 12.2. The summed E-state index contributed by atoms with van der Waals surface area (Å²) in [5, 5.41) is 16.6. The van der Waals surface area contributed by atoms with Crippen LogP contribution in [0.1, 0.15) is 12.1 Å². The van der Waals surface area contributed by atoms with Crippen LogP contribution >= 0.6 is 0 Å². The van der Waals surface area contributed by atoms with Crippen molar-refractivity contribution in [2.24, 2.45) is 5.92 Å². The molecule has 1 N–H and O–H groups in total. The summed E-state index contributed by atoms with van der Waals surface area (Å²) in [6.45, 7) is 2.89. The summed E-state index contributed by atoms with van der Waals surface area (Å²) >= 11 is 0. The second-order valence-electron chi connectivity index (χ2n) is 4.23. The number of alkyl halides is 1. The lowest BCUT2D eigenvalue weighted by molar-refractivity contribution is 0.276. The van der Waals surface area contributed by atoms with Gasteiger partial charge in [-0.15, -0.1) is 5.10 Å². The second-order valence-corrected chi connectivity index (χ2v) is 4.23. The molecule has 5 nitrogen and oxygen atoms in total. The summed E-state index contributed by atoms with van der Waals surface area (Å²) in [7, 11) is 0. The molecular weight excluding hydrogens is 211 g/mol. The third-order valence-electron chi connectivity index (χ3n) is 2.96. The molecule has 1 aromatic rings. The van der Waals surface area contributed by atoms with Crippen molar-refractivity contribution in [3.63, 3.8) is 0 Å². The van der Waals surface area contributed by atoms with E-state index in [0.717, 1.165) is 26.1 Å². The molecule has 1 aromatic heterocycles. The third-order valence-corrected chi connectivity index (χ3v) is 2.96. The average molecular weight is 228 g/mol. The first kappa shape index (κ1) is 11.5. The van der Waals surface area contributed by atoms with Gasteiger partial charge in [-0.2, -0.15) is 0 Å². The number of rotatable bonds is 5. The van der Waals surface area contributed by atoms with Crippen molar-refractivity contribution in [2.75, 3.05) is 26.3 Å². The Labute approximate surface area is 93.9 Å². The van der Waals surface area contributed by atoms with Crippen molar-refractivity contribution >= 4 is 0 Å². The molecule has 2 rings (SSSR count). The number of nitrogens with zero attached hydrogens (tertiary/aromatic N) is 4. The monoisotopic (exact) mass is 228 g/mol. The highest BCUT2D eigenvalue weighted by Crippen LogP contribution is 2.17. The van der Waals surface area contributed by atoms with Crippen molar-refractivity contribution < 1.29 is 9.50 Å². The largest absolute Gasteiger partial charge is 0.390 e. The fourth-order valence-corrected chi connectivity index (χ4v) is 2.15. The van der Waals surface area contributed by atoms with Crippen molar-refractivity contribution in [1.82, 2.24) is 19.9 Å². The minimum Gasteiger partial charge on any atom is -0.390 e. The van der Waals surface area contributed by atoms with Crippen LogP contribution in [0.15, 0.2) is 6.20 Å². The SMILES string of the molecule is OCc1cn(C[C@H]2CCN(CCF)C2)nn1. The molecule has 1 atom stereocenters. The summed E-state index contributed by atoms with van der Waals surface area (Å²) < 4.78 is 13.9. The lowest BCUT2D eigenvalue weighted by Crippen LogP contribution is -2.24. The Morgan fingerprint density at radius 1 is 1.56 bits per heavy atom. The first-order valence-corrected chi connectivity index (χ1v) is 5.60. The Hall–Kier alpha value is -1.01. The summed E-state index contributed by atoms with van der Waals surface area (Å²) in [4.78, 5) is 2.13. The lowest BCUT2D eigenvalue weighted by atomic mass is 10.1. The van der Waals surface area contributed by atoms with Crippen LogP contribution in [0.25, 0.3) is 0 Å². The molecule has 1 saturated heterocycles. The molecule has 1 aliphatic rings. The number of halogens is 1. The van der Waals surface area contributed by atoms with Crippen LogP contribution in [0.4, 0.5) is 4.39 Å². The molecule has 2 heterocycles. The van der Waals surface area contributed by atoms with Gasteiger partial charge in [-0.05, 0) is 18.9 Å². The zero-order valence-electron chi connectivity index (χ0n) is 9.22. The predicted octanol–water partition coefficient (Wildman–Crippen LogP) is 0.0618. The molecule has 0 aliphatic carbocycles. The Balaban J connectivity index is 1.82. The number of hydrogen-bond donors (Lipinski definition) is 1. The van der Waals surface area contributed by atoms with Gasteiger partial charge < -0.3 is 10.0 Å². The van der Waals surface area contributed by atoms with Gasteiger partial charge in [-0.25, -0.2) is 4.39 Å². The van der Waals surface area contributed by atoms with Gasteiger partial charge in [-0.1, -0.05) is 5.21 Å². The van der Waals surface area contributed by atoms with Gasteiger partial charge in [0.15, 0.2) is 0 Å². The van der Waals surface area contributed by atoms with Crippen molar-refractivity contribution in [3.05, 3.63) is 11.9 Å². The fourth-order valence-electron chi connectivity index (χ4n) is 2.15. The molecule has 0 amide bonds. The van der Waals surface area contributed by atoms with Gasteiger partial charge in [0, 0.05) is 19.6 Å². The summed E-state index contributed by atoms with van der Waals surface area (Å²) in [6, 6.07) is 0. The minimum absolute atomic E-state index is 0.0708. The van der Waals surface area contributed by atoms with E-state index in [9.17, 15) is 4.39 Å². The molecule has 16 heavy (non-hydrogen) atoms. The minimum atomic E-state index is -0.273. The number of hydrogen-bond acceptors (Lipinski definition) is 4. The van der Waals surface area contributed by atoms with E-state index in [1.165, 1.54) is 0 Å². The zero-order chi connectivity index (χ0) is 11.4. The van der Waals surface area contributed by atoms with Crippen LogP contribution in [0.2, 0.25) is 0 Å². The summed E-state index contributed by atoms with van der Waals surface area (Å²) in [5.74, 6) is 0.514. The van der Waals surface area contributed by atoms with Crippen LogP contribution in [-0.2, 0) is 13.2 Å². The van der Waals surface area contributed by atoms with Crippen molar-refractivity contribution in [1.29, 1.82) is 0 Å². The highest BCUT2D eigenvalue weighted by atomic mass is 19.1. The summed E-state index contributed by atoms with van der Waals surface area (Å²) in [6.07, 6.45) is 2.84. The van der Waals surface area contributed by atoms with Gasteiger partial charge in [-0.3, -0.25) is 4.68 Å². The first-order chi connectivity index (χ1) is 7.81. The van der Waals surface area contributed by atoms with E-state index in [-0.39, 0.29) is 13.3 Å². The molecule has 0 unspecified atom stereocenters. The molecule has 1 aliphatic heterocycles. The maximum Gasteiger partial charge on any atom is 0.108 e. The van der Waals surface area contributed by atoms with E-state index < -0.39 is 0 Å². The van der Waals surface area contributed by atoms with Crippen LogP contribution in [0, 0.1) is 5.92 Å². The Morgan fingerprint density at radius 3 is 3.12 bits per heavy atom. The number of likely N-dealkylation sites (tertiary alicyclic amines) is 1. The van der Waals surface area contributed by atoms with E-state index in [2.05, 4.69) is 15.2 Å². The quantitative estimate of drug-likeness (QED) is 0.774. The molecular formula is C10H17FN4O. The molecule has 0 bridgehead atoms. The molecule has 0 aromatic carbocycles. The van der Waals surface area contributed by atoms with Gasteiger partial charge in [0.25, 0.3) is 0 Å². The first-order valence-electron chi connectivity index (χ1n) is 5.60. The van der Waals surface area contributed by atoms with Crippen molar-refractivity contribution in [3.8, 4) is 0 Å². The maximum absolute atomic E-state index is 12.2. The van der Waals surface area contributed by atoms with Gasteiger partial charge >= 0.3 is 0 Å². The summed E-state index contributed by atoms with van der Waals surface area (Å²) in [5.41, 5.74) is 0.596. The molecule has 0 saturated carbocycles. The second kappa shape index (κ2) is 5.36. The van der Waals surface area contributed by atoms with Crippen molar-refractivity contribution in [2.45, 2.75) is 19.6 Å². The van der Waals surface area contributed by atoms with Crippen LogP contribution in [-0.4, -0.2) is 51.3 Å². The molecule has 0 spiro atoms.